The zero-order chi connectivity index (χ0) is 14.1. The topological polar surface area (TPSA) is 89.1 Å². The summed E-state index contributed by atoms with van der Waals surface area (Å²) in [5.74, 6) is -0.0138. The lowest BCUT2D eigenvalue weighted by atomic mass is 10.1. The largest absolute Gasteiger partial charge is 0.481 e. The third-order valence-corrected chi connectivity index (χ3v) is 3.97. The van der Waals surface area contributed by atoms with Gasteiger partial charge in [0.1, 0.15) is 0 Å². The van der Waals surface area contributed by atoms with E-state index in [1.807, 2.05) is 6.07 Å². The Morgan fingerprint density at radius 1 is 1.40 bits per heavy atom. The molecule has 1 N–H and O–H groups in total. The molecule has 2 unspecified atom stereocenters. The number of aromatic nitrogens is 3. The van der Waals surface area contributed by atoms with Crippen LogP contribution < -0.4 is 0 Å². The predicted molar refractivity (Wildman–Crippen MR) is 72.9 cm³/mol. The number of carboxylic acids is 1. The number of aliphatic carboxylic acids is 1. The van der Waals surface area contributed by atoms with Gasteiger partial charge in [0.25, 0.3) is 0 Å². The molecule has 0 radical (unpaired) electrons. The fourth-order valence-corrected chi connectivity index (χ4v) is 2.85. The molecule has 0 aliphatic heterocycles. The van der Waals surface area contributed by atoms with Crippen LogP contribution in [0.2, 0.25) is 0 Å². The Balaban J connectivity index is 1.79. The minimum atomic E-state index is -0.747. The number of carbonyl (C=O) groups is 1. The molecule has 2 heterocycles. The van der Waals surface area contributed by atoms with E-state index in [4.69, 9.17) is 9.63 Å². The molecule has 1 aliphatic carbocycles. The van der Waals surface area contributed by atoms with Gasteiger partial charge in [0.15, 0.2) is 0 Å². The molecule has 0 amide bonds. The lowest BCUT2D eigenvalue weighted by molar-refractivity contribution is -0.141. The summed E-state index contributed by atoms with van der Waals surface area (Å²) in [4.78, 5) is 19.4. The molecule has 6 nitrogen and oxygen atoms in total. The highest BCUT2D eigenvalue weighted by Crippen LogP contribution is 2.38. The van der Waals surface area contributed by atoms with Crippen LogP contribution in [0.5, 0.6) is 0 Å². The Kier molecular flexibility index (Phi) is 3.52. The molecule has 0 bridgehead atoms. The van der Waals surface area contributed by atoms with Crippen molar-refractivity contribution in [1.29, 1.82) is 0 Å². The van der Waals surface area contributed by atoms with Crippen molar-refractivity contribution >= 4 is 21.9 Å². The van der Waals surface area contributed by atoms with Crippen molar-refractivity contribution < 1.29 is 14.4 Å². The predicted octanol–water partition coefficient (Wildman–Crippen LogP) is 2.86. The zero-order valence-electron chi connectivity index (χ0n) is 10.5. The Hall–Kier alpha value is -1.76. The maximum atomic E-state index is 11.0. The van der Waals surface area contributed by atoms with Crippen LogP contribution in [0.4, 0.5) is 0 Å². The molecular weight excluding hydrogens is 326 g/mol. The number of pyridine rings is 1. The number of carboxylic acid groups (broad SMARTS) is 1. The van der Waals surface area contributed by atoms with Crippen molar-refractivity contribution in [2.45, 2.75) is 25.2 Å². The standard InChI is InChI=1S/C13H12BrN3O3/c14-10-4-9(5-15-6-10)11-16-12(20-17-11)7-1-2-8(3-7)13(18)19/h4-8H,1-3H2,(H,18,19). The number of rotatable bonds is 3. The van der Waals surface area contributed by atoms with E-state index in [-0.39, 0.29) is 11.8 Å². The van der Waals surface area contributed by atoms with Gasteiger partial charge in [-0.15, -0.1) is 0 Å². The molecular formula is C13H12BrN3O3. The minimum Gasteiger partial charge on any atom is -0.481 e. The second-order valence-corrected chi connectivity index (χ2v) is 5.81. The van der Waals surface area contributed by atoms with E-state index in [0.717, 1.165) is 16.5 Å². The second-order valence-electron chi connectivity index (χ2n) is 4.89. The molecule has 0 aromatic carbocycles. The first-order chi connectivity index (χ1) is 9.63. The van der Waals surface area contributed by atoms with Gasteiger partial charge >= 0.3 is 5.97 Å². The smallest absolute Gasteiger partial charge is 0.306 e. The summed E-state index contributed by atoms with van der Waals surface area (Å²) in [5.41, 5.74) is 0.766. The third-order valence-electron chi connectivity index (χ3n) is 3.54. The van der Waals surface area contributed by atoms with Gasteiger partial charge in [-0.05, 0) is 41.3 Å². The molecule has 7 heteroatoms. The maximum Gasteiger partial charge on any atom is 0.306 e. The maximum absolute atomic E-state index is 11.0. The van der Waals surface area contributed by atoms with E-state index < -0.39 is 5.97 Å². The molecule has 2 atom stereocenters. The number of nitrogens with zero attached hydrogens (tertiary/aromatic N) is 3. The van der Waals surface area contributed by atoms with Crippen LogP contribution in [0.15, 0.2) is 27.5 Å². The first-order valence-electron chi connectivity index (χ1n) is 6.31. The van der Waals surface area contributed by atoms with Gasteiger partial charge in [0.2, 0.25) is 11.7 Å². The van der Waals surface area contributed by atoms with Crippen molar-refractivity contribution in [2.75, 3.05) is 0 Å². The summed E-state index contributed by atoms with van der Waals surface area (Å²) in [5, 5.41) is 13.0. The number of hydrogen-bond acceptors (Lipinski definition) is 5. The van der Waals surface area contributed by atoms with Gasteiger partial charge < -0.3 is 9.63 Å². The Morgan fingerprint density at radius 2 is 2.25 bits per heavy atom. The van der Waals surface area contributed by atoms with Gasteiger partial charge in [-0.2, -0.15) is 4.98 Å². The van der Waals surface area contributed by atoms with Crippen molar-refractivity contribution in [3.63, 3.8) is 0 Å². The first kappa shape index (κ1) is 13.2. The molecule has 104 valence electrons. The van der Waals surface area contributed by atoms with E-state index in [9.17, 15) is 4.79 Å². The first-order valence-corrected chi connectivity index (χ1v) is 7.10. The Bertz CT molecular complexity index is 643. The van der Waals surface area contributed by atoms with Crippen LogP contribution in [-0.4, -0.2) is 26.2 Å². The normalized spacial score (nSPS) is 22.1. The summed E-state index contributed by atoms with van der Waals surface area (Å²) in [6.45, 7) is 0. The van der Waals surface area contributed by atoms with Gasteiger partial charge in [0, 0.05) is 28.3 Å². The molecule has 3 rings (SSSR count). The quantitative estimate of drug-likeness (QED) is 0.926. The van der Waals surface area contributed by atoms with Gasteiger partial charge in [-0.25, -0.2) is 0 Å². The molecule has 1 saturated carbocycles. The Labute approximate surface area is 123 Å². The monoisotopic (exact) mass is 337 g/mol. The average molecular weight is 338 g/mol. The lowest BCUT2D eigenvalue weighted by Crippen LogP contribution is -2.09. The third kappa shape index (κ3) is 2.58. The fourth-order valence-electron chi connectivity index (χ4n) is 2.48. The van der Waals surface area contributed by atoms with E-state index in [1.165, 1.54) is 0 Å². The van der Waals surface area contributed by atoms with E-state index in [1.54, 1.807) is 12.4 Å². The van der Waals surface area contributed by atoms with Crippen molar-refractivity contribution in [2.24, 2.45) is 5.92 Å². The summed E-state index contributed by atoms with van der Waals surface area (Å²) in [7, 11) is 0. The molecule has 1 aliphatic rings. The highest BCUT2D eigenvalue weighted by atomic mass is 79.9. The number of hydrogen-bond donors (Lipinski definition) is 1. The zero-order valence-corrected chi connectivity index (χ0v) is 12.1. The summed E-state index contributed by atoms with van der Waals surface area (Å²) < 4.78 is 6.11. The molecule has 1 fully saturated rings. The number of halogens is 1. The van der Waals surface area contributed by atoms with Crippen LogP contribution in [-0.2, 0) is 4.79 Å². The van der Waals surface area contributed by atoms with Crippen LogP contribution in [0.3, 0.4) is 0 Å². The highest BCUT2D eigenvalue weighted by molar-refractivity contribution is 9.10. The fraction of sp³-hybridized carbons (Fsp3) is 0.385. The van der Waals surface area contributed by atoms with E-state index in [2.05, 4.69) is 31.1 Å². The van der Waals surface area contributed by atoms with Crippen LogP contribution in [0, 0.1) is 5.92 Å². The molecule has 2 aromatic heterocycles. The summed E-state index contributed by atoms with van der Waals surface area (Å²) in [6, 6.07) is 1.86. The van der Waals surface area contributed by atoms with Crippen LogP contribution >= 0.6 is 15.9 Å². The molecule has 20 heavy (non-hydrogen) atoms. The second kappa shape index (κ2) is 5.32. The van der Waals surface area contributed by atoms with Gasteiger partial charge in [-0.3, -0.25) is 9.78 Å². The van der Waals surface area contributed by atoms with E-state index >= 15 is 0 Å². The highest BCUT2D eigenvalue weighted by Gasteiger charge is 2.33. The van der Waals surface area contributed by atoms with Crippen molar-refractivity contribution in [1.82, 2.24) is 15.1 Å². The summed E-state index contributed by atoms with van der Waals surface area (Å²) >= 11 is 3.34. The SMILES string of the molecule is O=C(O)C1CCC(c2nc(-c3cncc(Br)c3)no2)C1. The van der Waals surface area contributed by atoms with Gasteiger partial charge in [0.05, 0.1) is 5.92 Å². The van der Waals surface area contributed by atoms with E-state index in [0.29, 0.717) is 24.6 Å². The minimum absolute atomic E-state index is 0.0393. The summed E-state index contributed by atoms with van der Waals surface area (Å²) in [6.07, 6.45) is 5.34. The molecule has 0 saturated heterocycles. The molecule has 2 aromatic rings. The van der Waals surface area contributed by atoms with Crippen molar-refractivity contribution in [3.05, 3.63) is 28.8 Å². The average Bonchev–Trinajstić information content (AvgIpc) is 3.08. The van der Waals surface area contributed by atoms with Crippen molar-refractivity contribution in [3.8, 4) is 11.4 Å². The van der Waals surface area contributed by atoms with Crippen LogP contribution in [0.25, 0.3) is 11.4 Å². The lowest BCUT2D eigenvalue weighted by Gasteiger charge is -2.02. The Morgan fingerprint density at radius 3 is 2.95 bits per heavy atom. The van der Waals surface area contributed by atoms with Gasteiger partial charge in [-0.1, -0.05) is 5.16 Å². The van der Waals surface area contributed by atoms with Crippen LogP contribution in [0.1, 0.15) is 31.1 Å². The molecule has 0 spiro atoms.